The molecule has 1 amide bonds. The Kier molecular flexibility index (Phi) is 3.52. The molecule has 6 heteroatoms. The lowest BCUT2D eigenvalue weighted by molar-refractivity contribution is -0.117. The van der Waals surface area contributed by atoms with Crippen LogP contribution in [0.5, 0.6) is 0 Å². The molecule has 1 fully saturated rings. The fraction of sp³-hybridized carbons (Fsp3) is 0.231. The maximum Gasteiger partial charge on any atom is 0.242 e. The van der Waals surface area contributed by atoms with E-state index in [1.165, 1.54) is 0 Å². The van der Waals surface area contributed by atoms with Crippen molar-refractivity contribution in [3.05, 3.63) is 36.8 Å². The highest BCUT2D eigenvalue weighted by Crippen LogP contribution is 2.19. The van der Waals surface area contributed by atoms with E-state index in [2.05, 4.69) is 20.6 Å². The van der Waals surface area contributed by atoms with Gasteiger partial charge < -0.3 is 10.3 Å². The minimum atomic E-state index is -0.0858. The quantitative estimate of drug-likeness (QED) is 0.796. The number of nitrogens with one attached hydrogen (secondary N) is 3. The fourth-order valence-electron chi connectivity index (χ4n) is 1.94. The van der Waals surface area contributed by atoms with Crippen LogP contribution in [0.2, 0.25) is 0 Å². The first-order valence-corrected chi connectivity index (χ1v) is 7.19. The SMILES string of the molecule is O=C(Nc1ccc(-c2cnc[nH]2)cc1)C1CSCN1. The van der Waals surface area contributed by atoms with Gasteiger partial charge in [0.2, 0.25) is 5.91 Å². The number of thioether (sulfide) groups is 1. The topological polar surface area (TPSA) is 69.8 Å². The van der Waals surface area contributed by atoms with Gasteiger partial charge in [-0.05, 0) is 17.7 Å². The summed E-state index contributed by atoms with van der Waals surface area (Å²) in [4.78, 5) is 19.0. The van der Waals surface area contributed by atoms with Crippen LogP contribution in [0.1, 0.15) is 0 Å². The second-order valence-corrected chi connectivity index (χ2v) is 5.33. The second kappa shape index (κ2) is 5.46. The number of hydrogen-bond acceptors (Lipinski definition) is 4. The van der Waals surface area contributed by atoms with Gasteiger partial charge in [0.05, 0.1) is 24.3 Å². The summed E-state index contributed by atoms with van der Waals surface area (Å²) in [5.74, 6) is 1.70. The predicted octanol–water partition coefficient (Wildman–Crippen LogP) is 1.68. The fourth-order valence-corrected chi connectivity index (χ4v) is 2.88. The van der Waals surface area contributed by atoms with Crippen molar-refractivity contribution in [3.8, 4) is 11.3 Å². The first-order chi connectivity index (χ1) is 9.33. The highest BCUT2D eigenvalue weighted by molar-refractivity contribution is 7.99. The van der Waals surface area contributed by atoms with Crippen LogP contribution in [-0.2, 0) is 4.79 Å². The summed E-state index contributed by atoms with van der Waals surface area (Å²) in [6.45, 7) is 0. The van der Waals surface area contributed by atoms with Crippen molar-refractivity contribution >= 4 is 23.4 Å². The van der Waals surface area contributed by atoms with Crippen molar-refractivity contribution < 1.29 is 4.79 Å². The van der Waals surface area contributed by atoms with Gasteiger partial charge in [0.25, 0.3) is 0 Å². The number of imidazole rings is 1. The van der Waals surface area contributed by atoms with Crippen molar-refractivity contribution in [2.75, 3.05) is 16.9 Å². The number of nitrogens with zero attached hydrogens (tertiary/aromatic N) is 1. The van der Waals surface area contributed by atoms with Crippen molar-refractivity contribution in [1.82, 2.24) is 15.3 Å². The average Bonchev–Trinajstić information content (AvgIpc) is 3.13. The molecule has 98 valence electrons. The minimum absolute atomic E-state index is 0.0271. The zero-order chi connectivity index (χ0) is 13.1. The molecule has 2 aromatic rings. The molecule has 1 aliphatic heterocycles. The van der Waals surface area contributed by atoms with E-state index < -0.39 is 0 Å². The average molecular weight is 274 g/mol. The number of aromatic amines is 1. The molecule has 0 saturated carbocycles. The zero-order valence-corrected chi connectivity index (χ0v) is 11.0. The smallest absolute Gasteiger partial charge is 0.242 e. The maximum absolute atomic E-state index is 11.9. The van der Waals surface area contributed by atoms with E-state index in [1.807, 2.05) is 24.3 Å². The summed E-state index contributed by atoms with van der Waals surface area (Å²) in [6, 6.07) is 7.63. The molecule has 0 bridgehead atoms. The summed E-state index contributed by atoms with van der Waals surface area (Å²) in [5, 5.41) is 6.06. The zero-order valence-electron chi connectivity index (χ0n) is 10.2. The number of carbonyl (C=O) groups excluding carboxylic acids is 1. The van der Waals surface area contributed by atoms with Crippen LogP contribution in [0.3, 0.4) is 0 Å². The van der Waals surface area contributed by atoms with Gasteiger partial charge in [-0.15, -0.1) is 11.8 Å². The lowest BCUT2D eigenvalue weighted by Crippen LogP contribution is -2.37. The molecule has 1 saturated heterocycles. The van der Waals surface area contributed by atoms with E-state index >= 15 is 0 Å². The van der Waals surface area contributed by atoms with E-state index in [4.69, 9.17) is 0 Å². The van der Waals surface area contributed by atoms with Gasteiger partial charge in [0.1, 0.15) is 0 Å². The Morgan fingerprint density at radius 3 is 2.84 bits per heavy atom. The van der Waals surface area contributed by atoms with Crippen LogP contribution in [0.25, 0.3) is 11.3 Å². The van der Waals surface area contributed by atoms with Gasteiger partial charge in [0, 0.05) is 17.3 Å². The van der Waals surface area contributed by atoms with Crippen LogP contribution in [0.15, 0.2) is 36.8 Å². The lowest BCUT2D eigenvalue weighted by Gasteiger charge is -2.10. The molecule has 1 aliphatic rings. The molecule has 3 N–H and O–H groups in total. The third kappa shape index (κ3) is 2.80. The second-order valence-electron chi connectivity index (χ2n) is 4.30. The third-order valence-electron chi connectivity index (χ3n) is 2.99. The summed E-state index contributed by atoms with van der Waals surface area (Å²) < 4.78 is 0. The van der Waals surface area contributed by atoms with Gasteiger partial charge in [-0.1, -0.05) is 12.1 Å². The lowest BCUT2D eigenvalue weighted by atomic mass is 10.1. The van der Waals surface area contributed by atoms with Gasteiger partial charge >= 0.3 is 0 Å². The first kappa shape index (κ1) is 12.3. The first-order valence-electron chi connectivity index (χ1n) is 6.04. The van der Waals surface area contributed by atoms with Crippen LogP contribution >= 0.6 is 11.8 Å². The molecule has 3 rings (SSSR count). The number of aromatic nitrogens is 2. The van der Waals surface area contributed by atoms with Gasteiger partial charge in [-0.2, -0.15) is 0 Å². The Hall–Kier alpha value is -1.79. The Labute approximate surface area is 115 Å². The van der Waals surface area contributed by atoms with Gasteiger partial charge in [0.15, 0.2) is 0 Å². The molecule has 1 atom stereocenters. The number of H-pyrrole nitrogens is 1. The van der Waals surface area contributed by atoms with Crippen molar-refractivity contribution in [2.45, 2.75) is 6.04 Å². The molecule has 5 nitrogen and oxygen atoms in total. The normalized spacial score (nSPS) is 18.4. The number of anilines is 1. The van der Waals surface area contributed by atoms with Crippen molar-refractivity contribution in [1.29, 1.82) is 0 Å². The van der Waals surface area contributed by atoms with E-state index in [-0.39, 0.29) is 11.9 Å². The highest BCUT2D eigenvalue weighted by Gasteiger charge is 2.22. The summed E-state index contributed by atoms with van der Waals surface area (Å²) in [6.07, 6.45) is 3.42. The van der Waals surface area contributed by atoms with E-state index in [0.717, 1.165) is 28.6 Å². The Balaban J connectivity index is 1.67. The molecule has 1 aromatic heterocycles. The molecule has 0 radical (unpaired) electrons. The molecule has 0 aliphatic carbocycles. The largest absolute Gasteiger partial charge is 0.345 e. The summed E-state index contributed by atoms with van der Waals surface area (Å²) in [7, 11) is 0. The van der Waals surface area contributed by atoms with Crippen LogP contribution in [0, 0.1) is 0 Å². The third-order valence-corrected chi connectivity index (χ3v) is 3.93. The Morgan fingerprint density at radius 2 is 2.21 bits per heavy atom. The van der Waals surface area contributed by atoms with Gasteiger partial charge in [-0.25, -0.2) is 4.98 Å². The molecule has 19 heavy (non-hydrogen) atoms. The number of benzene rings is 1. The van der Waals surface area contributed by atoms with Crippen molar-refractivity contribution in [3.63, 3.8) is 0 Å². The van der Waals surface area contributed by atoms with Crippen LogP contribution in [0.4, 0.5) is 5.69 Å². The van der Waals surface area contributed by atoms with Crippen molar-refractivity contribution in [2.24, 2.45) is 0 Å². The monoisotopic (exact) mass is 274 g/mol. The number of carbonyl (C=O) groups is 1. The highest BCUT2D eigenvalue weighted by atomic mass is 32.2. The maximum atomic E-state index is 11.9. The molecule has 1 aromatic carbocycles. The number of amides is 1. The Morgan fingerprint density at radius 1 is 1.37 bits per heavy atom. The molecule has 0 spiro atoms. The number of hydrogen-bond donors (Lipinski definition) is 3. The predicted molar refractivity (Wildman–Crippen MR) is 76.9 cm³/mol. The molecule has 2 heterocycles. The van der Waals surface area contributed by atoms with E-state index in [1.54, 1.807) is 24.3 Å². The summed E-state index contributed by atoms with van der Waals surface area (Å²) in [5.41, 5.74) is 2.82. The van der Waals surface area contributed by atoms with Crippen LogP contribution < -0.4 is 10.6 Å². The van der Waals surface area contributed by atoms with E-state index in [9.17, 15) is 4.79 Å². The molecular weight excluding hydrogens is 260 g/mol. The van der Waals surface area contributed by atoms with Crippen LogP contribution in [-0.4, -0.2) is 33.5 Å². The Bertz CT molecular complexity index is 547. The number of rotatable bonds is 3. The van der Waals surface area contributed by atoms with Gasteiger partial charge in [-0.3, -0.25) is 10.1 Å². The summed E-state index contributed by atoms with van der Waals surface area (Å²) >= 11 is 1.74. The molecule has 1 unspecified atom stereocenters. The standard InChI is InChI=1S/C13H14N4OS/c18-13(12-6-19-8-16-12)17-10-3-1-9(2-4-10)11-5-14-7-15-11/h1-5,7,12,16H,6,8H2,(H,14,15)(H,17,18). The van der Waals surface area contributed by atoms with E-state index in [0.29, 0.717) is 0 Å². The minimum Gasteiger partial charge on any atom is -0.345 e. The molecular formula is C13H14N4OS.